The number of dihydropyridines is 2. The fourth-order valence-electron chi connectivity index (χ4n) is 10.4. The number of non-ortho nitro benzene ring substituents is 2. The van der Waals surface area contributed by atoms with Crippen LogP contribution in [0.1, 0.15) is 68.7 Å². The first-order valence-electron chi connectivity index (χ1n) is 27.8. The van der Waals surface area contributed by atoms with Crippen molar-refractivity contribution in [2.75, 3.05) is 99.5 Å². The number of ether oxygens (including phenoxy) is 4. The number of aliphatic hydroxyl groups is 1. The normalized spacial score (nSPS) is 18.0. The van der Waals surface area contributed by atoms with E-state index in [1.54, 1.807) is 95.3 Å². The molecule has 2 unspecified atom stereocenters. The predicted molar refractivity (Wildman–Crippen MR) is 320 cm³/mol. The highest BCUT2D eigenvalue weighted by atomic mass is 32.2. The van der Waals surface area contributed by atoms with E-state index in [-0.39, 0.29) is 63.3 Å². The van der Waals surface area contributed by atoms with Crippen molar-refractivity contribution in [1.82, 2.24) is 29.0 Å². The number of hydrogen-bond donors (Lipinski definition) is 3. The van der Waals surface area contributed by atoms with Gasteiger partial charge in [0.05, 0.1) is 68.0 Å². The number of methoxy groups -OCH3 is 2. The maximum atomic E-state index is 13.4. The molecule has 0 saturated carbocycles. The Morgan fingerprint density at radius 1 is 0.517 bits per heavy atom. The van der Waals surface area contributed by atoms with E-state index in [1.165, 1.54) is 59.2 Å². The van der Waals surface area contributed by atoms with Gasteiger partial charge in [0, 0.05) is 119 Å². The van der Waals surface area contributed by atoms with Crippen molar-refractivity contribution in [3.63, 3.8) is 0 Å². The number of benzene rings is 4. The molecule has 8 rings (SSSR count). The number of aryl methyl sites for hydroxylation is 2. The largest absolute Gasteiger partial charge is 0.466 e. The zero-order valence-electron chi connectivity index (χ0n) is 50.1. The smallest absolute Gasteiger partial charge is 0.336 e. The SMILES string of the molecule is CCO.COC(=O)C1=C(C)NC(C)=C(C(=O)OCCN2CCN(S(=O)(=O)c3ccc(C)cc3)CC2)C1c1cccc([N+](=O)[O-])c1.COC(=O)C1=C(C)NC(C)=C(C(=O)OCCN2CCN(S(=O)(=O)c3ccc(C)cc3)CC2)C1c1cccc([N+](=O)[O-])c1. The van der Waals surface area contributed by atoms with Gasteiger partial charge in [0.25, 0.3) is 11.4 Å². The number of nitro groups is 2. The number of nitro benzene ring substituents is 2. The van der Waals surface area contributed by atoms with Gasteiger partial charge >= 0.3 is 23.9 Å². The van der Waals surface area contributed by atoms with E-state index in [2.05, 4.69) is 10.6 Å². The lowest BCUT2D eigenvalue weighted by Crippen LogP contribution is -2.49. The molecule has 25 nitrogen and oxygen atoms in total. The number of allylic oxidation sites excluding steroid dienone is 4. The molecule has 2 fully saturated rings. The second kappa shape index (κ2) is 30.4. The van der Waals surface area contributed by atoms with Gasteiger partial charge in [-0.15, -0.1) is 0 Å². The average molecular weight is 1240 g/mol. The van der Waals surface area contributed by atoms with Crippen LogP contribution in [-0.2, 0) is 58.2 Å². The second-order valence-corrected chi connectivity index (χ2v) is 24.5. The van der Waals surface area contributed by atoms with Crippen LogP contribution in [-0.4, -0.2) is 174 Å². The van der Waals surface area contributed by atoms with Crippen LogP contribution in [0.15, 0.2) is 152 Å². The highest BCUT2D eigenvalue weighted by Gasteiger charge is 2.41. The van der Waals surface area contributed by atoms with Crippen LogP contribution >= 0.6 is 0 Å². The van der Waals surface area contributed by atoms with E-state index in [4.69, 9.17) is 24.1 Å². The first-order valence-corrected chi connectivity index (χ1v) is 30.7. The number of piperazine rings is 2. The third-order valence-electron chi connectivity index (χ3n) is 14.9. The van der Waals surface area contributed by atoms with Crippen molar-refractivity contribution >= 4 is 55.3 Å². The molecule has 0 aliphatic carbocycles. The number of rotatable bonds is 18. The van der Waals surface area contributed by atoms with E-state index in [0.717, 1.165) is 11.1 Å². The highest BCUT2D eigenvalue weighted by Crippen LogP contribution is 2.42. The Hall–Kier alpha value is -8.18. The van der Waals surface area contributed by atoms with Crippen molar-refractivity contribution in [3.8, 4) is 0 Å². The Labute approximate surface area is 506 Å². The van der Waals surface area contributed by atoms with Crippen molar-refractivity contribution in [1.29, 1.82) is 0 Å². The lowest BCUT2D eigenvalue weighted by Gasteiger charge is -2.34. The predicted octanol–water partition coefficient (Wildman–Crippen LogP) is 5.72. The first kappa shape index (κ1) is 67.9. The van der Waals surface area contributed by atoms with Crippen LogP contribution in [0.2, 0.25) is 0 Å². The van der Waals surface area contributed by atoms with Crippen molar-refractivity contribution in [3.05, 3.63) is 185 Å². The number of hydrogen-bond acceptors (Lipinski definition) is 21. The molecular formula is C60H74N8O17S2. The third kappa shape index (κ3) is 16.7. The van der Waals surface area contributed by atoms with E-state index in [9.17, 15) is 56.2 Å². The highest BCUT2D eigenvalue weighted by molar-refractivity contribution is 7.89. The number of carbonyl (C=O) groups is 4. The van der Waals surface area contributed by atoms with Gasteiger partial charge in [0.15, 0.2) is 0 Å². The summed E-state index contributed by atoms with van der Waals surface area (Å²) < 4.78 is 76.1. The molecule has 4 aromatic rings. The minimum absolute atomic E-state index is 0.0260. The summed E-state index contributed by atoms with van der Waals surface area (Å²) in [7, 11) is -4.74. The Morgan fingerprint density at radius 3 is 1.10 bits per heavy atom. The van der Waals surface area contributed by atoms with Crippen molar-refractivity contribution < 1.29 is 69.9 Å². The lowest BCUT2D eigenvalue weighted by atomic mass is 9.80. The summed E-state index contributed by atoms with van der Waals surface area (Å²) in [6.45, 7) is 16.3. The van der Waals surface area contributed by atoms with Gasteiger partial charge in [0.1, 0.15) is 13.2 Å². The number of carbonyl (C=O) groups excluding carboxylic acids is 4. The van der Waals surface area contributed by atoms with Crippen LogP contribution in [0, 0.1) is 34.1 Å². The monoisotopic (exact) mass is 1240 g/mol. The van der Waals surface area contributed by atoms with Gasteiger partial charge in [-0.3, -0.25) is 30.0 Å². The van der Waals surface area contributed by atoms with E-state index in [1.807, 2.05) is 23.6 Å². The van der Waals surface area contributed by atoms with E-state index in [0.29, 0.717) is 99.4 Å². The fourth-order valence-corrected chi connectivity index (χ4v) is 13.2. The first-order chi connectivity index (χ1) is 41.3. The molecule has 3 N–H and O–H groups in total. The summed E-state index contributed by atoms with van der Waals surface area (Å²) in [6, 6.07) is 25.1. The van der Waals surface area contributed by atoms with Gasteiger partial charge in [-0.2, -0.15) is 8.61 Å². The Kier molecular flexibility index (Phi) is 23.8. The molecule has 0 amide bonds. The number of nitrogens with zero attached hydrogens (tertiary/aromatic N) is 6. The van der Waals surface area contributed by atoms with Gasteiger partial charge in [0.2, 0.25) is 20.0 Å². The second-order valence-electron chi connectivity index (χ2n) is 20.7. The molecule has 87 heavy (non-hydrogen) atoms. The molecule has 4 heterocycles. The molecule has 4 aliphatic heterocycles. The number of nitrogens with one attached hydrogen (secondary N) is 2. The summed E-state index contributed by atoms with van der Waals surface area (Å²) in [5.41, 5.74) is 4.80. The summed E-state index contributed by atoms with van der Waals surface area (Å²) in [5, 5.41) is 36.5. The zero-order chi connectivity index (χ0) is 63.9. The third-order valence-corrected chi connectivity index (χ3v) is 18.7. The molecule has 0 spiro atoms. The summed E-state index contributed by atoms with van der Waals surface area (Å²) in [6.07, 6.45) is 0. The van der Waals surface area contributed by atoms with Crippen molar-refractivity contribution in [2.24, 2.45) is 0 Å². The number of esters is 4. The molecule has 2 atom stereocenters. The van der Waals surface area contributed by atoms with E-state index < -0.39 is 65.6 Å². The molecule has 0 bridgehead atoms. The van der Waals surface area contributed by atoms with Gasteiger partial charge in [-0.1, -0.05) is 59.7 Å². The van der Waals surface area contributed by atoms with Crippen LogP contribution < -0.4 is 10.6 Å². The molecule has 4 aromatic carbocycles. The molecular weight excluding hydrogens is 1170 g/mol. The van der Waals surface area contributed by atoms with Crippen LogP contribution in [0.5, 0.6) is 0 Å². The Bertz CT molecular complexity index is 3340. The van der Waals surface area contributed by atoms with Crippen LogP contribution in [0.3, 0.4) is 0 Å². The molecule has 27 heteroatoms. The van der Waals surface area contributed by atoms with Gasteiger partial charge in [-0.25, -0.2) is 36.0 Å². The average Bonchev–Trinajstić information content (AvgIpc) is 1.44. The van der Waals surface area contributed by atoms with Crippen molar-refractivity contribution in [2.45, 2.75) is 70.1 Å². The molecule has 4 aliphatic rings. The van der Waals surface area contributed by atoms with Gasteiger partial charge < -0.3 is 34.7 Å². The quantitative estimate of drug-likeness (QED) is 0.0464. The molecule has 0 aromatic heterocycles. The minimum atomic E-state index is -3.59. The van der Waals surface area contributed by atoms with Crippen LogP contribution in [0.4, 0.5) is 11.4 Å². The lowest BCUT2D eigenvalue weighted by molar-refractivity contribution is -0.385. The molecule has 2 saturated heterocycles. The summed E-state index contributed by atoms with van der Waals surface area (Å²) in [5.74, 6) is -4.58. The van der Waals surface area contributed by atoms with Crippen LogP contribution in [0.25, 0.3) is 0 Å². The molecule has 468 valence electrons. The number of aliphatic hydroxyl groups excluding tert-OH is 1. The maximum Gasteiger partial charge on any atom is 0.336 e. The Morgan fingerprint density at radius 2 is 0.816 bits per heavy atom. The summed E-state index contributed by atoms with van der Waals surface area (Å²) >= 11 is 0. The fraction of sp³-hybridized carbons (Fsp3) is 0.400. The maximum absolute atomic E-state index is 13.4. The zero-order valence-corrected chi connectivity index (χ0v) is 51.7. The molecule has 0 radical (unpaired) electrons. The topological polar surface area (TPSA) is 317 Å². The summed E-state index contributed by atoms with van der Waals surface area (Å²) in [4.78, 5) is 78.8. The minimum Gasteiger partial charge on any atom is -0.466 e. The number of sulfonamides is 2. The Balaban J connectivity index is 0.000000266. The standard InChI is InChI=1S/2C29H34N4O8S.C2H6O/c2*1-19-8-10-24(11-9-19)42(38,39)32-14-12-31(13-15-32)16-17-41-29(35)26-21(3)30-20(2)25(28(34)40-4)27(26)22-6-5-7-23(18-22)33(36)37;1-2-3/h2*5-11,18,27,30H,12-17H2,1-4H3;3H,2H2,1H3. The van der Waals surface area contributed by atoms with Gasteiger partial charge in [-0.05, 0) is 83.9 Å². The van der Waals surface area contributed by atoms with E-state index >= 15 is 0 Å².